The van der Waals surface area contributed by atoms with Crippen LogP contribution in [0.25, 0.3) is 0 Å². The molecule has 72 valence electrons. The number of anilines is 2. The van der Waals surface area contributed by atoms with Crippen LogP contribution in [0.3, 0.4) is 0 Å². The molecule has 4 N–H and O–H groups in total. The predicted molar refractivity (Wildman–Crippen MR) is 55.6 cm³/mol. The zero-order chi connectivity index (χ0) is 9.84. The quantitative estimate of drug-likeness (QED) is 0.469. The van der Waals surface area contributed by atoms with Crippen LogP contribution in [-0.4, -0.2) is 13.2 Å². The van der Waals surface area contributed by atoms with Gasteiger partial charge < -0.3 is 16.2 Å². The van der Waals surface area contributed by atoms with Gasteiger partial charge in [-0.2, -0.15) is 0 Å². The molecule has 3 nitrogen and oxygen atoms in total. The molecule has 1 heterocycles. The third-order valence-corrected chi connectivity index (χ3v) is 1.98. The number of benzene rings is 1. The number of rotatable bonds is 0. The molecule has 3 heteroatoms. The molecule has 1 fully saturated rings. The van der Waals surface area contributed by atoms with E-state index >= 15 is 0 Å². The maximum atomic E-state index is 5.70. The number of aryl methyl sites for hydroxylation is 1. The molecular formula is C10H16N2O. The Bertz CT molecular complexity index is 265. The first-order chi connectivity index (χ1) is 6.13. The highest BCUT2D eigenvalue weighted by molar-refractivity contribution is 5.64. The topological polar surface area (TPSA) is 64.6 Å². The average molecular weight is 180 g/mol. The van der Waals surface area contributed by atoms with Gasteiger partial charge in [-0.3, -0.25) is 0 Å². The van der Waals surface area contributed by atoms with Gasteiger partial charge in [-0.25, -0.2) is 0 Å². The first-order valence-corrected chi connectivity index (χ1v) is 4.32. The van der Waals surface area contributed by atoms with Crippen LogP contribution < -0.4 is 11.5 Å². The second kappa shape index (κ2) is 4.14. The smallest absolute Gasteiger partial charge is 0.0701 e. The lowest BCUT2D eigenvalue weighted by Crippen LogP contribution is -1.97. The van der Waals surface area contributed by atoms with E-state index in [9.17, 15) is 0 Å². The molecular weight excluding hydrogens is 164 g/mol. The Morgan fingerprint density at radius 1 is 1.15 bits per heavy atom. The summed E-state index contributed by atoms with van der Waals surface area (Å²) in [4.78, 5) is 0. The summed E-state index contributed by atoms with van der Waals surface area (Å²) in [5, 5.41) is 0. The Balaban J connectivity index is 0.000000236. The van der Waals surface area contributed by atoms with Gasteiger partial charge in [0.15, 0.2) is 0 Å². The second-order valence-corrected chi connectivity index (χ2v) is 3.12. The summed E-state index contributed by atoms with van der Waals surface area (Å²) in [5.74, 6) is 0. The van der Waals surface area contributed by atoms with Crippen LogP contribution in [-0.2, 0) is 4.74 Å². The third kappa shape index (κ3) is 2.95. The van der Waals surface area contributed by atoms with Crippen molar-refractivity contribution in [1.82, 2.24) is 0 Å². The number of hydrogen-bond acceptors (Lipinski definition) is 3. The van der Waals surface area contributed by atoms with Crippen molar-refractivity contribution in [1.29, 1.82) is 0 Å². The van der Waals surface area contributed by atoms with Gasteiger partial charge in [0.2, 0.25) is 0 Å². The number of epoxide rings is 1. The van der Waals surface area contributed by atoms with Gasteiger partial charge in [-0.05, 0) is 31.0 Å². The highest BCUT2D eigenvalue weighted by Gasteiger charge is 1.99. The average Bonchev–Trinajstić information content (AvgIpc) is 2.94. The molecule has 1 aromatic carbocycles. The van der Waals surface area contributed by atoms with Crippen molar-refractivity contribution < 1.29 is 4.74 Å². The van der Waals surface area contributed by atoms with Crippen LogP contribution >= 0.6 is 0 Å². The summed E-state index contributed by atoms with van der Waals surface area (Å²) in [7, 11) is 0. The van der Waals surface area contributed by atoms with Crippen LogP contribution in [0.2, 0.25) is 0 Å². The lowest BCUT2D eigenvalue weighted by molar-refractivity contribution is 0.475. The maximum Gasteiger partial charge on any atom is 0.0701 e. The third-order valence-electron chi connectivity index (χ3n) is 1.98. The number of nitrogen functional groups attached to an aromatic ring is 2. The fraction of sp³-hybridized carbons (Fsp3) is 0.400. The first kappa shape index (κ1) is 9.86. The van der Waals surface area contributed by atoms with Gasteiger partial charge in [0.1, 0.15) is 0 Å². The molecule has 0 bridgehead atoms. The van der Waals surface area contributed by atoms with Crippen molar-refractivity contribution in [2.75, 3.05) is 24.7 Å². The molecule has 1 aliphatic rings. The Kier molecular flexibility index (Phi) is 3.14. The normalized spacial score (nSPS) is 13.1. The Morgan fingerprint density at radius 2 is 1.69 bits per heavy atom. The molecule has 0 radical (unpaired) electrons. The molecule has 13 heavy (non-hydrogen) atoms. The Labute approximate surface area is 78.7 Å². The van der Waals surface area contributed by atoms with Crippen molar-refractivity contribution in [3.63, 3.8) is 0 Å². The Hall–Kier alpha value is -1.22. The first-order valence-electron chi connectivity index (χ1n) is 4.32. The molecule has 1 aliphatic heterocycles. The van der Waals surface area contributed by atoms with E-state index in [1.165, 1.54) is 0 Å². The summed E-state index contributed by atoms with van der Waals surface area (Å²) in [6.07, 6.45) is 0. The van der Waals surface area contributed by atoms with Gasteiger partial charge in [-0.15, -0.1) is 0 Å². The summed E-state index contributed by atoms with van der Waals surface area (Å²) >= 11 is 0. The predicted octanol–water partition coefficient (Wildman–Crippen LogP) is 1.48. The van der Waals surface area contributed by atoms with Gasteiger partial charge in [0, 0.05) is 11.4 Å². The number of ether oxygens (including phenoxy) is 1. The van der Waals surface area contributed by atoms with E-state index in [-0.39, 0.29) is 0 Å². The minimum Gasteiger partial charge on any atom is -0.398 e. The van der Waals surface area contributed by atoms with Crippen molar-refractivity contribution in [2.45, 2.75) is 13.8 Å². The largest absolute Gasteiger partial charge is 0.398 e. The zero-order valence-electron chi connectivity index (χ0n) is 8.13. The van der Waals surface area contributed by atoms with Gasteiger partial charge >= 0.3 is 0 Å². The van der Waals surface area contributed by atoms with Crippen LogP contribution in [0.15, 0.2) is 12.1 Å². The lowest BCUT2D eigenvalue weighted by atomic mass is 10.1. The van der Waals surface area contributed by atoms with E-state index in [1.54, 1.807) is 0 Å². The van der Waals surface area contributed by atoms with Crippen molar-refractivity contribution in [3.8, 4) is 0 Å². The van der Waals surface area contributed by atoms with Gasteiger partial charge in [0.25, 0.3) is 0 Å². The van der Waals surface area contributed by atoms with Crippen molar-refractivity contribution >= 4 is 11.4 Å². The maximum absolute atomic E-state index is 5.70. The highest BCUT2D eigenvalue weighted by atomic mass is 16.6. The minimum atomic E-state index is 0.767. The standard InChI is InChI=1S/C8H12N2.C2H4O/c1-5-3-4-7(9)6(2)8(5)10;1-2-3-1/h3-4H,9-10H2,1-2H3;1-2H2. The van der Waals surface area contributed by atoms with Crippen LogP contribution in [0.4, 0.5) is 11.4 Å². The van der Waals surface area contributed by atoms with Gasteiger partial charge in [0.05, 0.1) is 13.2 Å². The second-order valence-electron chi connectivity index (χ2n) is 3.12. The number of hydrogen-bond donors (Lipinski definition) is 2. The zero-order valence-corrected chi connectivity index (χ0v) is 8.13. The Morgan fingerprint density at radius 3 is 2.08 bits per heavy atom. The summed E-state index contributed by atoms with van der Waals surface area (Å²) in [6, 6.07) is 3.80. The molecule has 1 saturated heterocycles. The molecule has 0 amide bonds. The van der Waals surface area contributed by atoms with E-state index in [0.29, 0.717) is 0 Å². The lowest BCUT2D eigenvalue weighted by Gasteiger charge is -2.05. The molecule has 1 aromatic rings. The van der Waals surface area contributed by atoms with Crippen LogP contribution in [0.5, 0.6) is 0 Å². The van der Waals surface area contributed by atoms with Crippen molar-refractivity contribution in [3.05, 3.63) is 23.3 Å². The monoisotopic (exact) mass is 180 g/mol. The molecule has 0 saturated carbocycles. The minimum absolute atomic E-state index is 0.767. The van der Waals surface area contributed by atoms with E-state index < -0.39 is 0 Å². The molecule has 0 spiro atoms. The highest BCUT2D eigenvalue weighted by Crippen LogP contribution is 2.21. The molecule has 0 atom stereocenters. The SMILES string of the molecule is C1CO1.Cc1ccc(N)c(C)c1N. The molecule has 0 aliphatic carbocycles. The van der Waals surface area contributed by atoms with Crippen LogP contribution in [0.1, 0.15) is 11.1 Å². The van der Waals surface area contributed by atoms with Crippen LogP contribution in [0, 0.1) is 13.8 Å². The molecule has 0 aromatic heterocycles. The van der Waals surface area contributed by atoms with Crippen molar-refractivity contribution in [2.24, 2.45) is 0 Å². The summed E-state index contributed by atoms with van der Waals surface area (Å²) in [5.41, 5.74) is 15.0. The van der Waals surface area contributed by atoms with E-state index in [0.717, 1.165) is 35.7 Å². The van der Waals surface area contributed by atoms with E-state index in [2.05, 4.69) is 4.74 Å². The molecule has 2 rings (SSSR count). The van der Waals surface area contributed by atoms with E-state index in [4.69, 9.17) is 11.5 Å². The summed E-state index contributed by atoms with van der Waals surface area (Å²) in [6.45, 7) is 5.90. The van der Waals surface area contributed by atoms with E-state index in [1.807, 2.05) is 26.0 Å². The fourth-order valence-electron chi connectivity index (χ4n) is 0.881. The molecule has 0 unspecified atom stereocenters. The fourth-order valence-corrected chi connectivity index (χ4v) is 0.881. The van der Waals surface area contributed by atoms with Gasteiger partial charge in [-0.1, -0.05) is 6.07 Å². The number of nitrogens with two attached hydrogens (primary N) is 2. The summed E-state index contributed by atoms with van der Waals surface area (Å²) < 4.78 is 4.50.